The van der Waals surface area contributed by atoms with Gasteiger partial charge in [-0.2, -0.15) is 0 Å². The maximum Gasteiger partial charge on any atom is 0.325 e. The number of nitrogens with zero attached hydrogens (tertiary/aromatic N) is 7. The number of likely N-dealkylation sites (N-methyl/N-ethyl adjacent to an activating group) is 4. The van der Waals surface area contributed by atoms with E-state index in [1.807, 2.05) is 55.4 Å². The third kappa shape index (κ3) is 17.7. The van der Waals surface area contributed by atoms with Crippen molar-refractivity contribution in [2.75, 3.05) is 54.4 Å². The van der Waals surface area contributed by atoms with Gasteiger partial charge < -0.3 is 55.0 Å². The molecule has 23 heteroatoms. The highest BCUT2D eigenvalue weighted by atomic mass is 16.5. The molecule has 4 fully saturated rings. The van der Waals surface area contributed by atoms with Gasteiger partial charge in [0, 0.05) is 54.2 Å². The first-order valence-corrected chi connectivity index (χ1v) is 31.3. The van der Waals surface area contributed by atoms with Gasteiger partial charge in [0.25, 0.3) is 5.91 Å². The van der Waals surface area contributed by atoms with Crippen LogP contribution >= 0.6 is 0 Å². The van der Waals surface area contributed by atoms with Crippen molar-refractivity contribution < 1.29 is 62.3 Å². The summed E-state index contributed by atoms with van der Waals surface area (Å²) in [6, 6.07) is -11.3. The second kappa shape index (κ2) is 31.5. The van der Waals surface area contributed by atoms with Crippen molar-refractivity contribution in [2.45, 2.75) is 228 Å². The van der Waals surface area contributed by atoms with E-state index < -0.39 is 150 Å². The van der Waals surface area contributed by atoms with E-state index in [0.717, 1.165) is 16.2 Å². The van der Waals surface area contributed by atoms with Crippen molar-refractivity contribution in [1.82, 2.24) is 50.2 Å². The second-order valence-electron chi connectivity index (χ2n) is 26.6. The van der Waals surface area contributed by atoms with Gasteiger partial charge in [-0.25, -0.2) is 4.79 Å². The summed E-state index contributed by atoms with van der Waals surface area (Å²) in [6.45, 7) is 25.0. The van der Waals surface area contributed by atoms with Gasteiger partial charge in [0.1, 0.15) is 54.9 Å². The first-order chi connectivity index (χ1) is 39.7. The molecule has 0 aromatic carbocycles. The smallest absolute Gasteiger partial charge is 0.325 e. The number of nitrogens with one attached hydrogen (secondary N) is 3. The van der Waals surface area contributed by atoms with Gasteiger partial charge in [-0.15, -0.1) is 0 Å². The van der Waals surface area contributed by atoms with Gasteiger partial charge in [-0.05, 0) is 106 Å². The van der Waals surface area contributed by atoms with Gasteiger partial charge in [-0.3, -0.25) is 52.7 Å². The summed E-state index contributed by atoms with van der Waals surface area (Å²) in [5.41, 5.74) is 0. The molecule has 4 saturated heterocycles. The zero-order valence-electron chi connectivity index (χ0n) is 54.4. The van der Waals surface area contributed by atoms with E-state index in [9.17, 15) is 43.2 Å². The summed E-state index contributed by atoms with van der Waals surface area (Å²) in [5.74, 6) is -8.94. The van der Waals surface area contributed by atoms with Crippen LogP contribution in [0.4, 0.5) is 4.79 Å². The average molecular weight is 1200 g/mol. The molecule has 0 aromatic rings. The van der Waals surface area contributed by atoms with Gasteiger partial charge in [0.15, 0.2) is 5.78 Å². The lowest BCUT2D eigenvalue weighted by Crippen LogP contribution is -2.62. The van der Waals surface area contributed by atoms with E-state index in [0.29, 0.717) is 19.3 Å². The van der Waals surface area contributed by atoms with Crippen molar-refractivity contribution in [2.24, 2.45) is 41.4 Å². The Kier molecular flexibility index (Phi) is 26.4. The molecule has 0 radical (unpaired) electrons. The number of amides is 10. The lowest BCUT2D eigenvalue weighted by atomic mass is 9.93. The van der Waals surface area contributed by atoms with E-state index >= 15 is 14.4 Å². The van der Waals surface area contributed by atoms with Crippen LogP contribution in [0.15, 0.2) is 0 Å². The van der Waals surface area contributed by atoms with Gasteiger partial charge in [0.05, 0.1) is 12.1 Å². The molecule has 4 aliphatic heterocycles. The number of ether oxygens (including phenoxy) is 1. The number of ketones is 2. The SMILES string of the molecule is CCCC1CC(C(=O)N(C)C2C(=O)NC(CC(C)C)C(=O)C3CC(C)CN3C(=O)NC(CCC(C)C)C(=O)N(C)C(C(C)C)C(=O)N3CCCC3C(=O)N(C)C(CC(C)C)C(=O)NCC(=O)OC2C)N(C(=O)C(C(C)C)N(C)C(=O)C(=O)CC)C1. The Hall–Kier alpha value is -6.16. The molecule has 0 aliphatic carbocycles. The lowest BCUT2D eigenvalue weighted by molar-refractivity contribution is -0.160. The molecular formula is C62H104N10O13. The minimum Gasteiger partial charge on any atom is -0.459 e. The Balaban J connectivity index is 1.89. The third-order valence-corrected chi connectivity index (χ3v) is 17.4. The number of likely N-dealkylation sites (tertiary alicyclic amines) is 1. The number of hydrogen-bond donors (Lipinski definition) is 3. The number of fused-ring (bicyclic) bond motifs is 2. The summed E-state index contributed by atoms with van der Waals surface area (Å²) < 4.78 is 5.96. The molecular weight excluding hydrogens is 1090 g/mol. The molecule has 0 saturated carbocycles. The van der Waals surface area contributed by atoms with E-state index in [1.165, 1.54) is 59.6 Å². The van der Waals surface area contributed by atoms with Gasteiger partial charge >= 0.3 is 12.0 Å². The van der Waals surface area contributed by atoms with Crippen LogP contribution in [-0.4, -0.2) is 220 Å². The first-order valence-electron chi connectivity index (χ1n) is 31.3. The summed E-state index contributed by atoms with van der Waals surface area (Å²) >= 11 is 0. The number of hydrogen-bond acceptors (Lipinski definition) is 13. The van der Waals surface area contributed by atoms with Crippen molar-refractivity contribution in [1.29, 1.82) is 0 Å². The largest absolute Gasteiger partial charge is 0.459 e. The number of carbonyl (C=O) groups excluding carboxylic acids is 12. The molecule has 0 spiro atoms. The van der Waals surface area contributed by atoms with Crippen molar-refractivity contribution in [3.05, 3.63) is 0 Å². The normalized spacial score (nSPS) is 27.9. The van der Waals surface area contributed by atoms with Gasteiger partial charge in [0.2, 0.25) is 47.1 Å². The Morgan fingerprint density at radius 2 is 1.34 bits per heavy atom. The molecule has 23 nitrogen and oxygen atoms in total. The fraction of sp³-hybridized carbons (Fsp3) is 0.806. The molecule has 12 unspecified atom stereocenters. The molecule has 3 N–H and O–H groups in total. The van der Waals surface area contributed by atoms with Crippen LogP contribution in [0.25, 0.3) is 0 Å². The maximum absolute atomic E-state index is 15.3. The standard InChI is InChI=1S/C62H104N10O13/c1-19-22-41-30-47(71(33-41)61(83)51(38(11)12)68(17)59(81)48(73)20-2)58(80)69(18)52-40(14)85-49(74)31-63-54(76)46(28-36(7)8)66(15)57(79)44-23-21-26-70(44)60(82)50(37(9)10)67(16)56(78)42(25-24-34(3)4)65-62(84)72-32-39(13)29-45(72)53(75)43(27-35(5)6)64-55(52)77/h34-47,50-52H,19-33H2,1-18H3,(H,63,76)(H,64,77)(H,65,84). The topological polar surface area (TPSA) is 273 Å². The summed E-state index contributed by atoms with van der Waals surface area (Å²) in [6.07, 6.45) is 1.92. The second-order valence-corrected chi connectivity index (χ2v) is 26.6. The number of cyclic esters (lactones) is 1. The van der Waals surface area contributed by atoms with Crippen LogP contribution in [0.2, 0.25) is 0 Å². The van der Waals surface area contributed by atoms with Crippen molar-refractivity contribution in [3.8, 4) is 0 Å². The highest BCUT2D eigenvalue weighted by Gasteiger charge is 2.50. The first kappa shape index (κ1) is 71.3. The van der Waals surface area contributed by atoms with Crippen LogP contribution in [-0.2, 0) is 57.5 Å². The van der Waals surface area contributed by atoms with Crippen LogP contribution < -0.4 is 16.0 Å². The maximum atomic E-state index is 15.3. The molecule has 4 rings (SSSR count). The molecule has 0 aromatic heterocycles. The van der Waals surface area contributed by atoms with Crippen molar-refractivity contribution >= 4 is 70.8 Å². The zero-order valence-corrected chi connectivity index (χ0v) is 54.4. The van der Waals surface area contributed by atoms with Crippen LogP contribution in [0.1, 0.15) is 168 Å². The molecule has 12 atom stereocenters. The predicted molar refractivity (Wildman–Crippen MR) is 320 cm³/mol. The zero-order chi connectivity index (χ0) is 64.2. The van der Waals surface area contributed by atoms with Crippen molar-refractivity contribution in [3.63, 3.8) is 0 Å². The van der Waals surface area contributed by atoms with E-state index in [2.05, 4.69) is 16.0 Å². The van der Waals surface area contributed by atoms with E-state index in [1.54, 1.807) is 34.6 Å². The van der Waals surface area contributed by atoms with E-state index in [4.69, 9.17) is 4.74 Å². The molecule has 10 amide bonds. The average Bonchev–Trinajstić information content (AvgIpc) is 3.17. The fourth-order valence-electron chi connectivity index (χ4n) is 13.0. The molecule has 4 aliphatic rings. The molecule has 85 heavy (non-hydrogen) atoms. The van der Waals surface area contributed by atoms with Gasteiger partial charge in [-0.1, -0.05) is 96.4 Å². The number of carbonyl (C=O) groups is 12. The predicted octanol–water partition coefficient (Wildman–Crippen LogP) is 4.03. The Labute approximate surface area is 505 Å². The van der Waals surface area contributed by atoms with Crippen LogP contribution in [0.3, 0.4) is 0 Å². The Morgan fingerprint density at radius 1 is 0.706 bits per heavy atom. The monoisotopic (exact) mass is 1200 g/mol. The minimum absolute atomic E-state index is 0.0789. The van der Waals surface area contributed by atoms with Crippen LogP contribution in [0, 0.1) is 41.4 Å². The highest BCUT2D eigenvalue weighted by molar-refractivity contribution is 6.36. The molecule has 0 bridgehead atoms. The number of urea groups is 1. The van der Waals surface area contributed by atoms with E-state index in [-0.39, 0.29) is 94.2 Å². The van der Waals surface area contributed by atoms with Crippen LogP contribution in [0.5, 0.6) is 0 Å². The number of rotatable bonds is 17. The highest BCUT2D eigenvalue weighted by Crippen LogP contribution is 2.33. The lowest BCUT2D eigenvalue weighted by Gasteiger charge is -2.38. The number of esters is 1. The molecule has 4 heterocycles. The Morgan fingerprint density at radius 3 is 1.91 bits per heavy atom. The summed E-state index contributed by atoms with van der Waals surface area (Å²) in [7, 11) is 5.70. The summed E-state index contributed by atoms with van der Waals surface area (Å²) in [5, 5.41) is 8.46. The minimum atomic E-state index is -1.67. The Bertz CT molecular complexity index is 2430. The fourth-order valence-corrected chi connectivity index (χ4v) is 13.0. The number of Topliss-reactive ketones (excluding diaryl/α,β-unsaturated/α-hetero) is 2. The summed E-state index contributed by atoms with van der Waals surface area (Å²) in [4.78, 5) is 183. The quantitative estimate of drug-likeness (QED) is 0.137. The third-order valence-electron chi connectivity index (χ3n) is 17.4. The molecule has 480 valence electrons.